The summed E-state index contributed by atoms with van der Waals surface area (Å²) in [7, 11) is 0. The first-order valence-electron chi connectivity index (χ1n) is 5.43. The van der Waals surface area contributed by atoms with E-state index in [9.17, 15) is 19.5 Å². The molecule has 0 bridgehead atoms. The van der Waals surface area contributed by atoms with Crippen LogP contribution in [-0.2, 0) is 19.1 Å². The Morgan fingerprint density at radius 3 is 2.06 bits per heavy atom. The maximum atomic E-state index is 11.4. The summed E-state index contributed by atoms with van der Waals surface area (Å²) in [5.41, 5.74) is -0.738. The van der Waals surface area contributed by atoms with E-state index in [0.717, 1.165) is 6.92 Å². The third-order valence-electron chi connectivity index (χ3n) is 1.65. The van der Waals surface area contributed by atoms with E-state index in [4.69, 9.17) is 4.74 Å². The highest BCUT2D eigenvalue weighted by molar-refractivity contribution is 5.89. The SMILES string of the molecule is CC(=O)OC(=O)[C@@H](NC(=O)OC(C)(C)C)[C@@H](C)O. The van der Waals surface area contributed by atoms with Crippen LogP contribution in [0.2, 0.25) is 0 Å². The second kappa shape index (κ2) is 6.34. The van der Waals surface area contributed by atoms with Gasteiger partial charge in [-0.05, 0) is 27.7 Å². The Morgan fingerprint density at radius 2 is 1.72 bits per heavy atom. The van der Waals surface area contributed by atoms with Crippen molar-refractivity contribution in [1.82, 2.24) is 5.32 Å². The lowest BCUT2D eigenvalue weighted by Gasteiger charge is -2.23. The molecular formula is C11H19NO6. The highest BCUT2D eigenvalue weighted by Crippen LogP contribution is 2.07. The van der Waals surface area contributed by atoms with E-state index in [2.05, 4.69) is 10.1 Å². The molecule has 0 saturated carbocycles. The lowest BCUT2D eigenvalue weighted by atomic mass is 10.2. The van der Waals surface area contributed by atoms with E-state index in [0.29, 0.717) is 0 Å². The molecule has 0 aliphatic carbocycles. The van der Waals surface area contributed by atoms with Crippen molar-refractivity contribution in [3.05, 3.63) is 0 Å². The van der Waals surface area contributed by atoms with Gasteiger partial charge >= 0.3 is 18.0 Å². The molecule has 0 aromatic heterocycles. The number of hydrogen-bond donors (Lipinski definition) is 2. The molecule has 0 unspecified atom stereocenters. The number of esters is 2. The zero-order valence-corrected chi connectivity index (χ0v) is 11.1. The summed E-state index contributed by atoms with van der Waals surface area (Å²) in [4.78, 5) is 33.5. The van der Waals surface area contributed by atoms with Gasteiger partial charge < -0.3 is 19.9 Å². The standard InChI is InChI=1S/C11H19NO6/c1-6(13)8(9(15)17-7(2)14)12-10(16)18-11(3,4)5/h6,8,13H,1-5H3,(H,12,16)/t6-,8+/m1/s1. The average Bonchev–Trinajstić information content (AvgIpc) is 2.09. The first-order valence-corrected chi connectivity index (χ1v) is 5.43. The topological polar surface area (TPSA) is 102 Å². The Balaban J connectivity index is 4.59. The highest BCUT2D eigenvalue weighted by Gasteiger charge is 2.30. The molecule has 7 heteroatoms. The number of carbonyl (C=O) groups is 3. The molecule has 104 valence electrons. The van der Waals surface area contributed by atoms with E-state index in [-0.39, 0.29) is 0 Å². The minimum atomic E-state index is -1.36. The molecule has 0 rings (SSSR count). The Morgan fingerprint density at radius 1 is 1.22 bits per heavy atom. The normalized spacial score (nSPS) is 14.3. The lowest BCUT2D eigenvalue weighted by molar-refractivity contribution is -0.161. The Bertz CT molecular complexity index is 331. The summed E-state index contributed by atoms with van der Waals surface area (Å²) in [5.74, 6) is -1.86. The van der Waals surface area contributed by atoms with Gasteiger partial charge in [0.15, 0.2) is 6.04 Å². The number of ether oxygens (including phenoxy) is 2. The van der Waals surface area contributed by atoms with Crippen molar-refractivity contribution >= 4 is 18.0 Å². The molecule has 0 radical (unpaired) electrons. The van der Waals surface area contributed by atoms with Crippen LogP contribution in [0, 0.1) is 0 Å². The number of hydrogen-bond acceptors (Lipinski definition) is 6. The Hall–Kier alpha value is -1.63. The number of alkyl carbamates (subject to hydrolysis) is 1. The van der Waals surface area contributed by atoms with Crippen molar-refractivity contribution in [2.45, 2.75) is 52.4 Å². The zero-order valence-electron chi connectivity index (χ0n) is 11.1. The Kier molecular flexibility index (Phi) is 5.77. The molecule has 0 aliphatic heterocycles. The molecule has 0 saturated heterocycles. The van der Waals surface area contributed by atoms with Crippen molar-refractivity contribution in [2.75, 3.05) is 0 Å². The van der Waals surface area contributed by atoms with Gasteiger partial charge in [-0.1, -0.05) is 0 Å². The molecule has 2 N–H and O–H groups in total. The monoisotopic (exact) mass is 261 g/mol. The molecule has 0 spiro atoms. The van der Waals surface area contributed by atoms with Crippen LogP contribution in [0.5, 0.6) is 0 Å². The van der Waals surface area contributed by atoms with Crippen molar-refractivity contribution in [1.29, 1.82) is 0 Å². The van der Waals surface area contributed by atoms with Crippen LogP contribution in [0.3, 0.4) is 0 Å². The lowest BCUT2D eigenvalue weighted by Crippen LogP contribution is -2.50. The van der Waals surface area contributed by atoms with Gasteiger partial charge in [0.05, 0.1) is 6.10 Å². The fourth-order valence-electron chi connectivity index (χ4n) is 1.02. The minimum absolute atomic E-state index is 0.738. The quantitative estimate of drug-likeness (QED) is 0.561. The molecular weight excluding hydrogens is 242 g/mol. The van der Waals surface area contributed by atoms with Crippen LogP contribution in [0.1, 0.15) is 34.6 Å². The summed E-state index contributed by atoms with van der Waals surface area (Å²) < 4.78 is 9.22. The second-order valence-electron chi connectivity index (χ2n) is 4.78. The van der Waals surface area contributed by atoms with Crippen LogP contribution >= 0.6 is 0 Å². The van der Waals surface area contributed by atoms with Crippen LogP contribution in [-0.4, -0.2) is 40.9 Å². The third-order valence-corrected chi connectivity index (χ3v) is 1.65. The molecule has 18 heavy (non-hydrogen) atoms. The van der Waals surface area contributed by atoms with E-state index >= 15 is 0 Å². The number of aliphatic hydroxyl groups excluding tert-OH is 1. The summed E-state index contributed by atoms with van der Waals surface area (Å²) in [6.45, 7) is 7.28. The van der Waals surface area contributed by atoms with Gasteiger partial charge in [0.25, 0.3) is 0 Å². The molecule has 0 aromatic carbocycles. The van der Waals surface area contributed by atoms with Gasteiger partial charge in [-0.2, -0.15) is 0 Å². The van der Waals surface area contributed by atoms with E-state index < -0.39 is 35.8 Å². The zero-order chi connectivity index (χ0) is 14.5. The van der Waals surface area contributed by atoms with E-state index in [1.165, 1.54) is 6.92 Å². The molecule has 0 aliphatic rings. The number of nitrogens with one attached hydrogen (secondary N) is 1. The maximum Gasteiger partial charge on any atom is 0.408 e. The van der Waals surface area contributed by atoms with E-state index in [1.54, 1.807) is 20.8 Å². The van der Waals surface area contributed by atoms with Gasteiger partial charge in [0.2, 0.25) is 0 Å². The van der Waals surface area contributed by atoms with Crippen LogP contribution in [0.25, 0.3) is 0 Å². The van der Waals surface area contributed by atoms with Crippen LogP contribution < -0.4 is 5.32 Å². The molecule has 2 atom stereocenters. The van der Waals surface area contributed by atoms with Crippen molar-refractivity contribution in [3.63, 3.8) is 0 Å². The Labute approximate surface area is 105 Å². The van der Waals surface area contributed by atoms with Gasteiger partial charge in [0, 0.05) is 6.92 Å². The van der Waals surface area contributed by atoms with E-state index in [1.807, 2.05) is 0 Å². The summed E-state index contributed by atoms with van der Waals surface area (Å²) in [6.07, 6.45) is -2.10. The number of aliphatic hydroxyl groups is 1. The number of rotatable bonds is 3. The van der Waals surface area contributed by atoms with Gasteiger partial charge in [-0.25, -0.2) is 9.59 Å². The molecule has 0 heterocycles. The molecule has 7 nitrogen and oxygen atoms in total. The van der Waals surface area contributed by atoms with Crippen LogP contribution in [0.4, 0.5) is 4.79 Å². The summed E-state index contributed by atoms with van der Waals surface area (Å²) >= 11 is 0. The van der Waals surface area contributed by atoms with Crippen molar-refractivity contribution < 1.29 is 29.0 Å². The molecule has 0 aromatic rings. The number of amides is 1. The highest BCUT2D eigenvalue weighted by atomic mass is 16.6. The molecule has 1 amide bonds. The van der Waals surface area contributed by atoms with Gasteiger partial charge in [-0.15, -0.1) is 0 Å². The van der Waals surface area contributed by atoms with Gasteiger partial charge in [0.1, 0.15) is 5.60 Å². The average molecular weight is 261 g/mol. The minimum Gasteiger partial charge on any atom is -0.444 e. The summed E-state index contributed by atoms with van der Waals surface area (Å²) in [5, 5.41) is 11.5. The maximum absolute atomic E-state index is 11.4. The fraction of sp³-hybridized carbons (Fsp3) is 0.727. The predicted octanol–water partition coefficient (Wildman–Crippen LogP) is 0.350. The first kappa shape index (κ1) is 16.4. The predicted molar refractivity (Wildman–Crippen MR) is 61.6 cm³/mol. The second-order valence-corrected chi connectivity index (χ2v) is 4.78. The van der Waals surface area contributed by atoms with Crippen molar-refractivity contribution in [3.8, 4) is 0 Å². The summed E-state index contributed by atoms with van der Waals surface area (Å²) in [6, 6.07) is -1.36. The largest absolute Gasteiger partial charge is 0.444 e. The smallest absolute Gasteiger partial charge is 0.408 e. The fourth-order valence-corrected chi connectivity index (χ4v) is 1.02. The first-order chi connectivity index (χ1) is 8.03. The van der Waals surface area contributed by atoms with Crippen LogP contribution in [0.15, 0.2) is 0 Å². The molecule has 0 fully saturated rings. The van der Waals surface area contributed by atoms with Gasteiger partial charge in [-0.3, -0.25) is 4.79 Å². The third kappa shape index (κ3) is 6.85. The van der Waals surface area contributed by atoms with Crippen molar-refractivity contribution in [2.24, 2.45) is 0 Å². The number of carbonyl (C=O) groups excluding carboxylic acids is 3.